The summed E-state index contributed by atoms with van der Waals surface area (Å²) in [4.78, 5) is 3.12. The maximum atomic E-state index is 3.89. The summed E-state index contributed by atoms with van der Waals surface area (Å²) >= 11 is 7.63. The Morgan fingerprint density at radius 2 is 1.80 bits per heavy atom. The Morgan fingerprint density at radius 3 is 2.50 bits per heavy atom. The molecule has 0 fully saturated rings. The molecule has 0 saturated heterocycles. The molecule has 3 rings (SSSR count). The van der Waals surface area contributed by atoms with Gasteiger partial charge in [-0.3, -0.25) is 0 Å². The lowest BCUT2D eigenvalue weighted by Crippen LogP contribution is -2.07. The highest BCUT2D eigenvalue weighted by atomic mass is 79.9. The van der Waals surface area contributed by atoms with E-state index >= 15 is 0 Å². The molecule has 3 aromatic rings. The Bertz CT molecular complexity index is 731. The van der Waals surface area contributed by atoms with Gasteiger partial charge in [-0.2, -0.15) is 0 Å². The summed E-state index contributed by atoms with van der Waals surface area (Å²) in [5, 5.41) is 3.64. The van der Waals surface area contributed by atoms with Gasteiger partial charge in [0, 0.05) is 14.5 Å². The Balaban J connectivity index is 2.00. The first-order chi connectivity index (χ1) is 9.47. The van der Waals surface area contributed by atoms with Crippen LogP contribution in [0.4, 0.5) is 0 Å². The van der Waals surface area contributed by atoms with Crippen molar-refractivity contribution in [2.75, 3.05) is 0 Å². The van der Waals surface area contributed by atoms with E-state index in [2.05, 4.69) is 78.5 Å². The summed E-state index contributed by atoms with van der Waals surface area (Å²) in [5.74, 6) is 0. The van der Waals surface area contributed by atoms with E-state index in [0.29, 0.717) is 4.83 Å². The number of halogens is 1. The summed E-state index contributed by atoms with van der Waals surface area (Å²) in [6.07, 6.45) is 0. The molecule has 0 aliphatic heterocycles. The molecule has 3 heteroatoms. The van der Waals surface area contributed by atoms with Gasteiger partial charge in [-0.15, -0.1) is 22.7 Å². The molecule has 0 aliphatic carbocycles. The predicted octanol–water partition coefficient (Wildman–Crippen LogP) is 6.74. The molecule has 0 bridgehead atoms. The van der Waals surface area contributed by atoms with Crippen molar-refractivity contribution in [1.82, 2.24) is 0 Å². The van der Waals surface area contributed by atoms with Crippen molar-refractivity contribution in [3.63, 3.8) is 0 Å². The Labute approximate surface area is 136 Å². The Morgan fingerprint density at radius 1 is 1.05 bits per heavy atom. The molecule has 1 aromatic carbocycles. The standard InChI is InChI=1S/C17H17BrS2/c1-17(2,3)15-9-8-14(20-15)16(18)12-10-19-13-7-5-4-6-11(12)13/h4-10,16H,1-3H3. The molecule has 0 aliphatic rings. The number of benzene rings is 1. The van der Waals surface area contributed by atoms with Gasteiger partial charge in [0.25, 0.3) is 0 Å². The third kappa shape index (κ3) is 2.59. The lowest BCUT2D eigenvalue weighted by molar-refractivity contribution is 0.604. The van der Waals surface area contributed by atoms with Crippen molar-refractivity contribution in [1.29, 1.82) is 0 Å². The average molecular weight is 365 g/mol. The van der Waals surface area contributed by atoms with Crippen molar-refractivity contribution in [2.45, 2.75) is 31.0 Å². The normalized spacial score (nSPS) is 13.8. The molecule has 0 amide bonds. The number of rotatable bonds is 2. The topological polar surface area (TPSA) is 0 Å². The summed E-state index contributed by atoms with van der Waals surface area (Å²) < 4.78 is 1.36. The predicted molar refractivity (Wildman–Crippen MR) is 95.6 cm³/mol. The summed E-state index contributed by atoms with van der Waals surface area (Å²) in [6, 6.07) is 13.2. The van der Waals surface area contributed by atoms with Crippen LogP contribution in [-0.2, 0) is 5.41 Å². The van der Waals surface area contributed by atoms with Crippen LogP contribution in [0.2, 0.25) is 0 Å². The third-order valence-electron chi connectivity index (χ3n) is 3.40. The number of hydrogen-bond acceptors (Lipinski definition) is 2. The molecular weight excluding hydrogens is 348 g/mol. The molecule has 2 heterocycles. The average Bonchev–Trinajstić information content (AvgIpc) is 3.04. The van der Waals surface area contributed by atoms with E-state index in [1.165, 1.54) is 25.4 Å². The van der Waals surface area contributed by atoms with Crippen LogP contribution in [0.25, 0.3) is 10.1 Å². The number of alkyl halides is 1. The fourth-order valence-corrected chi connectivity index (χ4v) is 5.28. The van der Waals surface area contributed by atoms with E-state index in [9.17, 15) is 0 Å². The molecule has 0 spiro atoms. The van der Waals surface area contributed by atoms with Crippen LogP contribution in [0, 0.1) is 0 Å². The molecule has 0 nitrogen and oxygen atoms in total. The van der Waals surface area contributed by atoms with E-state index in [1.54, 1.807) is 0 Å². The highest BCUT2D eigenvalue weighted by Gasteiger charge is 2.21. The van der Waals surface area contributed by atoms with Crippen molar-refractivity contribution >= 4 is 48.7 Å². The van der Waals surface area contributed by atoms with Crippen LogP contribution in [0.15, 0.2) is 41.8 Å². The fourth-order valence-electron chi connectivity index (χ4n) is 2.24. The van der Waals surface area contributed by atoms with Crippen molar-refractivity contribution < 1.29 is 0 Å². The fraction of sp³-hybridized carbons (Fsp3) is 0.294. The van der Waals surface area contributed by atoms with Crippen LogP contribution in [-0.4, -0.2) is 0 Å². The monoisotopic (exact) mass is 364 g/mol. The largest absolute Gasteiger partial charge is 0.143 e. The van der Waals surface area contributed by atoms with Gasteiger partial charge in [-0.05, 0) is 39.9 Å². The minimum atomic E-state index is 0.229. The van der Waals surface area contributed by atoms with E-state index in [0.717, 1.165) is 0 Å². The SMILES string of the molecule is CC(C)(C)c1ccc(C(Br)c2csc3ccccc23)s1. The zero-order valence-electron chi connectivity index (χ0n) is 11.8. The highest BCUT2D eigenvalue weighted by molar-refractivity contribution is 9.09. The maximum Gasteiger partial charge on any atom is 0.0752 e. The number of fused-ring (bicyclic) bond motifs is 1. The van der Waals surface area contributed by atoms with Gasteiger partial charge in [0.15, 0.2) is 0 Å². The smallest absolute Gasteiger partial charge is 0.0752 e. The van der Waals surface area contributed by atoms with Crippen molar-refractivity contribution in [3.05, 3.63) is 57.1 Å². The van der Waals surface area contributed by atoms with E-state index in [4.69, 9.17) is 0 Å². The third-order valence-corrected chi connectivity index (χ3v) is 7.25. The molecular formula is C17H17BrS2. The second-order valence-electron chi connectivity index (χ2n) is 6.00. The zero-order valence-corrected chi connectivity index (χ0v) is 15.0. The van der Waals surface area contributed by atoms with Crippen LogP contribution in [0.3, 0.4) is 0 Å². The molecule has 0 saturated carbocycles. The van der Waals surface area contributed by atoms with Crippen LogP contribution in [0.5, 0.6) is 0 Å². The second-order valence-corrected chi connectivity index (χ2v) is 8.94. The van der Waals surface area contributed by atoms with E-state index < -0.39 is 0 Å². The lowest BCUT2D eigenvalue weighted by Gasteiger charge is -2.15. The minimum absolute atomic E-state index is 0.229. The van der Waals surface area contributed by atoms with E-state index in [1.807, 2.05) is 22.7 Å². The van der Waals surface area contributed by atoms with Crippen molar-refractivity contribution in [3.8, 4) is 0 Å². The van der Waals surface area contributed by atoms with Gasteiger partial charge < -0.3 is 0 Å². The van der Waals surface area contributed by atoms with Gasteiger partial charge in [0.1, 0.15) is 0 Å². The van der Waals surface area contributed by atoms with Crippen LogP contribution in [0.1, 0.15) is 40.9 Å². The van der Waals surface area contributed by atoms with Gasteiger partial charge in [0.05, 0.1) is 4.83 Å². The molecule has 1 unspecified atom stereocenters. The lowest BCUT2D eigenvalue weighted by atomic mass is 9.95. The first-order valence-corrected chi connectivity index (χ1v) is 9.28. The zero-order chi connectivity index (χ0) is 14.3. The van der Waals surface area contributed by atoms with Gasteiger partial charge in [0.2, 0.25) is 0 Å². The van der Waals surface area contributed by atoms with Gasteiger partial charge in [-0.1, -0.05) is 54.9 Å². The first kappa shape index (κ1) is 14.3. The Kier molecular flexibility index (Phi) is 3.78. The molecule has 20 heavy (non-hydrogen) atoms. The van der Waals surface area contributed by atoms with Gasteiger partial charge in [-0.25, -0.2) is 0 Å². The minimum Gasteiger partial charge on any atom is -0.143 e. The molecule has 0 N–H and O–H groups in total. The maximum absolute atomic E-state index is 3.89. The summed E-state index contributed by atoms with van der Waals surface area (Å²) in [5.41, 5.74) is 1.61. The molecule has 1 atom stereocenters. The second kappa shape index (κ2) is 5.28. The van der Waals surface area contributed by atoms with Crippen LogP contribution >= 0.6 is 38.6 Å². The van der Waals surface area contributed by atoms with Crippen LogP contribution < -0.4 is 0 Å². The highest BCUT2D eigenvalue weighted by Crippen LogP contribution is 2.42. The summed E-state index contributed by atoms with van der Waals surface area (Å²) in [6.45, 7) is 6.81. The molecule has 104 valence electrons. The van der Waals surface area contributed by atoms with Gasteiger partial charge >= 0.3 is 0 Å². The van der Waals surface area contributed by atoms with E-state index in [-0.39, 0.29) is 5.41 Å². The molecule has 2 aromatic heterocycles. The van der Waals surface area contributed by atoms with Crippen molar-refractivity contribution in [2.24, 2.45) is 0 Å². The Hall–Kier alpha value is -0.640. The number of hydrogen-bond donors (Lipinski definition) is 0. The quantitative estimate of drug-likeness (QED) is 0.441. The first-order valence-electron chi connectivity index (χ1n) is 6.67. The molecule has 0 radical (unpaired) electrons. The summed E-state index contributed by atoms with van der Waals surface area (Å²) in [7, 11) is 0. The number of thiophene rings is 2.